The second kappa shape index (κ2) is 10.4. The fraction of sp³-hybridized carbons (Fsp3) is 0.500. The molecule has 2 aliphatic heterocycles. The van der Waals surface area contributed by atoms with Crippen molar-refractivity contribution < 1.29 is 33.5 Å². The second-order valence-corrected chi connectivity index (χ2v) is 13.3. The van der Waals surface area contributed by atoms with Crippen LogP contribution >= 0.6 is 15.9 Å². The van der Waals surface area contributed by atoms with Crippen molar-refractivity contribution >= 4 is 51.3 Å². The maximum absolute atomic E-state index is 13.5. The molecule has 0 aromatic heterocycles. The Morgan fingerprint density at radius 3 is 1.79 bits per heavy atom. The summed E-state index contributed by atoms with van der Waals surface area (Å²) in [5, 5.41) is 0. The number of hydrogen-bond acceptors (Lipinski definition) is 7. The number of rotatable bonds is 10. The summed E-state index contributed by atoms with van der Waals surface area (Å²) in [6, 6.07) is 5.49. The predicted octanol–water partition coefficient (Wildman–Crippen LogP) is 3.33. The molecule has 10 heteroatoms. The van der Waals surface area contributed by atoms with Crippen LogP contribution in [0.4, 0.5) is 0 Å². The molecule has 7 rings (SSSR count). The monoisotopic (exact) mass is 634 g/mol. The largest absolute Gasteiger partial charge is 0.456 e. The van der Waals surface area contributed by atoms with Gasteiger partial charge in [-0.3, -0.25) is 33.8 Å². The van der Waals surface area contributed by atoms with Crippen LogP contribution in [-0.4, -0.2) is 64.4 Å². The minimum atomic E-state index is -1.17. The highest BCUT2D eigenvalue weighted by Gasteiger charge is 2.61. The van der Waals surface area contributed by atoms with Crippen molar-refractivity contribution in [2.75, 3.05) is 13.2 Å². The highest BCUT2D eigenvalue weighted by molar-refractivity contribution is 9.10. The van der Waals surface area contributed by atoms with Gasteiger partial charge in [0.25, 0.3) is 0 Å². The quantitative estimate of drug-likeness (QED) is 0.127. The zero-order chi connectivity index (χ0) is 29.3. The third-order valence-electron chi connectivity index (χ3n) is 10.3. The molecule has 4 amide bonds. The Kier molecular flexibility index (Phi) is 6.79. The zero-order valence-corrected chi connectivity index (χ0v) is 24.5. The SMILES string of the molecule is O=C(COC(=O)[C@H](CCCCN1C(=O)[C@@H]2[C@H](C1=O)[C@H]1C=C[C@H]2C1)N1C(=O)[C@H]2[C@H](C1=O)[C@H]1C=C[C@H]2C1)c1ccc(Br)cc1. The Labute approximate surface area is 251 Å². The van der Waals surface area contributed by atoms with E-state index < -0.39 is 36.2 Å². The van der Waals surface area contributed by atoms with E-state index in [0.717, 1.165) is 22.2 Å². The van der Waals surface area contributed by atoms with Gasteiger partial charge in [0.15, 0.2) is 12.4 Å². The predicted molar refractivity (Wildman–Crippen MR) is 151 cm³/mol. The summed E-state index contributed by atoms with van der Waals surface area (Å²) in [5.41, 5.74) is 0.376. The maximum Gasteiger partial charge on any atom is 0.329 e. The number of Topliss-reactive ketones (excluding diaryl/α,β-unsaturated/α-hetero) is 1. The molecule has 4 aliphatic carbocycles. The van der Waals surface area contributed by atoms with Gasteiger partial charge in [0.2, 0.25) is 23.6 Å². The number of hydrogen-bond donors (Lipinski definition) is 0. The van der Waals surface area contributed by atoms with Crippen LogP contribution in [0.1, 0.15) is 42.5 Å². The van der Waals surface area contributed by atoms with Gasteiger partial charge in [0, 0.05) is 16.6 Å². The Morgan fingerprint density at radius 2 is 1.26 bits per heavy atom. The van der Waals surface area contributed by atoms with Crippen LogP contribution in [-0.2, 0) is 28.7 Å². The number of imide groups is 2. The average Bonchev–Trinajstić information content (AvgIpc) is 3.83. The van der Waals surface area contributed by atoms with E-state index in [2.05, 4.69) is 28.1 Å². The van der Waals surface area contributed by atoms with Crippen LogP contribution in [0, 0.1) is 47.3 Å². The number of benzene rings is 1. The molecular weight excluding hydrogens is 604 g/mol. The van der Waals surface area contributed by atoms with Gasteiger partial charge in [-0.25, -0.2) is 4.79 Å². The van der Waals surface area contributed by atoms with Crippen molar-refractivity contribution in [2.45, 2.75) is 38.1 Å². The van der Waals surface area contributed by atoms with E-state index in [-0.39, 0.29) is 72.1 Å². The minimum absolute atomic E-state index is 0.00599. The summed E-state index contributed by atoms with van der Waals surface area (Å²) >= 11 is 3.32. The number of unbranched alkanes of at least 4 members (excludes halogenated alkanes) is 1. The number of halogens is 1. The van der Waals surface area contributed by atoms with Gasteiger partial charge in [-0.2, -0.15) is 0 Å². The molecule has 4 bridgehead atoms. The molecule has 0 unspecified atom stereocenters. The molecule has 9 nitrogen and oxygen atoms in total. The number of ketones is 1. The molecule has 2 heterocycles. The summed E-state index contributed by atoms with van der Waals surface area (Å²) in [7, 11) is 0. The molecule has 4 fully saturated rings. The number of carbonyl (C=O) groups excluding carboxylic acids is 6. The minimum Gasteiger partial charge on any atom is -0.456 e. The molecule has 0 N–H and O–H groups in total. The molecule has 0 spiro atoms. The molecule has 0 radical (unpaired) electrons. The van der Waals surface area contributed by atoms with Crippen LogP contribution in [0.2, 0.25) is 0 Å². The summed E-state index contributed by atoms with van der Waals surface area (Å²) in [5.74, 6) is -3.34. The maximum atomic E-state index is 13.5. The van der Waals surface area contributed by atoms with E-state index in [9.17, 15) is 28.8 Å². The van der Waals surface area contributed by atoms with Crippen LogP contribution in [0.5, 0.6) is 0 Å². The molecule has 42 heavy (non-hydrogen) atoms. The van der Waals surface area contributed by atoms with Gasteiger partial charge in [-0.05, 0) is 67.9 Å². The van der Waals surface area contributed by atoms with Gasteiger partial charge in [0.05, 0.1) is 23.7 Å². The fourth-order valence-electron chi connectivity index (χ4n) is 8.33. The first-order chi connectivity index (χ1) is 20.2. The van der Waals surface area contributed by atoms with E-state index in [1.165, 1.54) is 4.90 Å². The number of fused-ring (bicyclic) bond motifs is 10. The van der Waals surface area contributed by atoms with Crippen LogP contribution in [0.3, 0.4) is 0 Å². The van der Waals surface area contributed by atoms with E-state index in [4.69, 9.17) is 4.74 Å². The highest BCUT2D eigenvalue weighted by Crippen LogP contribution is 2.54. The van der Waals surface area contributed by atoms with Crippen LogP contribution in [0.15, 0.2) is 53.0 Å². The molecule has 9 atom stereocenters. The van der Waals surface area contributed by atoms with Gasteiger partial charge in [-0.15, -0.1) is 0 Å². The van der Waals surface area contributed by atoms with Crippen molar-refractivity contribution in [2.24, 2.45) is 47.3 Å². The van der Waals surface area contributed by atoms with E-state index in [1.807, 2.05) is 12.2 Å². The summed E-state index contributed by atoms with van der Waals surface area (Å²) < 4.78 is 6.22. The summed E-state index contributed by atoms with van der Waals surface area (Å²) in [6.45, 7) is -0.280. The third kappa shape index (κ3) is 4.24. The molecule has 218 valence electrons. The number of nitrogens with zero attached hydrogens (tertiary/aromatic N) is 2. The molecular formula is C32H31BrN2O7. The molecule has 2 saturated heterocycles. The standard InChI is InChI=1S/C32H31BrN2O7/c33-21-10-8-16(9-11-21)23(36)15-42-32(41)22(35-30(39)26-19-6-7-20(14-19)27(26)31(35)40)3-1-2-12-34-28(37)24-17-4-5-18(13-17)25(24)29(34)38/h4-11,17-20,22,24-27H,1-3,12-15H2/t17-,18-,19-,20-,22-,24-,25+,26+,27+/m0/s1. The highest BCUT2D eigenvalue weighted by atomic mass is 79.9. The number of carbonyl (C=O) groups is 6. The van der Waals surface area contributed by atoms with Crippen LogP contribution < -0.4 is 0 Å². The molecule has 6 aliphatic rings. The van der Waals surface area contributed by atoms with E-state index in [0.29, 0.717) is 18.4 Å². The number of amides is 4. The number of ether oxygens (including phenoxy) is 1. The smallest absolute Gasteiger partial charge is 0.329 e. The lowest BCUT2D eigenvalue weighted by Crippen LogP contribution is -2.47. The number of likely N-dealkylation sites (tertiary alicyclic amines) is 2. The fourth-order valence-corrected chi connectivity index (χ4v) is 8.59. The summed E-state index contributed by atoms with van der Waals surface area (Å²) in [6.07, 6.45) is 10.7. The van der Waals surface area contributed by atoms with Crippen molar-refractivity contribution in [1.29, 1.82) is 0 Å². The molecule has 2 saturated carbocycles. The van der Waals surface area contributed by atoms with Crippen LogP contribution in [0.25, 0.3) is 0 Å². The first-order valence-electron chi connectivity index (χ1n) is 14.8. The first-order valence-corrected chi connectivity index (χ1v) is 15.6. The summed E-state index contributed by atoms with van der Waals surface area (Å²) in [4.78, 5) is 81.6. The lowest BCUT2D eigenvalue weighted by Gasteiger charge is -2.26. The van der Waals surface area contributed by atoms with Crippen molar-refractivity contribution in [3.63, 3.8) is 0 Å². The zero-order valence-electron chi connectivity index (χ0n) is 22.9. The Hall–Kier alpha value is -3.40. The lowest BCUT2D eigenvalue weighted by molar-refractivity contribution is -0.159. The van der Waals surface area contributed by atoms with Crippen molar-refractivity contribution in [3.05, 3.63) is 58.6 Å². The molecule has 1 aromatic carbocycles. The lowest BCUT2D eigenvalue weighted by atomic mass is 9.85. The van der Waals surface area contributed by atoms with Crippen molar-refractivity contribution in [3.8, 4) is 0 Å². The van der Waals surface area contributed by atoms with E-state index in [1.54, 1.807) is 24.3 Å². The van der Waals surface area contributed by atoms with E-state index >= 15 is 0 Å². The van der Waals surface area contributed by atoms with Crippen molar-refractivity contribution in [1.82, 2.24) is 9.80 Å². The third-order valence-corrected chi connectivity index (χ3v) is 10.8. The first kappa shape index (κ1) is 27.4. The van der Waals surface area contributed by atoms with Gasteiger partial charge in [-0.1, -0.05) is 52.4 Å². The Balaban J connectivity index is 1.02. The van der Waals surface area contributed by atoms with Gasteiger partial charge in [0.1, 0.15) is 6.04 Å². The Bertz CT molecular complexity index is 1390. The number of allylic oxidation sites excluding steroid dienone is 4. The molecule has 1 aromatic rings. The topological polar surface area (TPSA) is 118 Å². The van der Waals surface area contributed by atoms with Gasteiger partial charge >= 0.3 is 5.97 Å². The normalized spacial score (nSPS) is 34.1. The second-order valence-electron chi connectivity index (χ2n) is 12.4. The average molecular weight is 636 g/mol. The van der Waals surface area contributed by atoms with Gasteiger partial charge < -0.3 is 4.74 Å². The number of esters is 1. The Morgan fingerprint density at radius 1 is 0.762 bits per heavy atom.